The van der Waals surface area contributed by atoms with Crippen molar-refractivity contribution in [2.75, 3.05) is 13.2 Å². The highest BCUT2D eigenvalue weighted by atomic mass is 16.5. The Balaban J connectivity index is 2.48. The van der Waals surface area contributed by atoms with Crippen molar-refractivity contribution in [2.45, 2.75) is 33.1 Å². The van der Waals surface area contributed by atoms with Crippen molar-refractivity contribution in [2.24, 2.45) is 11.8 Å². The third kappa shape index (κ3) is 3.53. The molecule has 0 radical (unpaired) electrons. The molecule has 1 fully saturated rings. The molecule has 1 aliphatic rings. The molecule has 1 amide bonds. The minimum Gasteiger partial charge on any atom is -0.466 e. The molecular formula is C11H19NO3. The summed E-state index contributed by atoms with van der Waals surface area (Å²) in [6.45, 7) is 4.98. The molecule has 0 aromatic carbocycles. The first-order chi connectivity index (χ1) is 7.17. The standard InChI is InChI=1S/C11H19NO3/c1-3-8-7-12-10(13)5-9(8)6-11(14)15-4-2/h8-9H,3-7H2,1-2H3,(H,12,13)/t8-,9-/m1/s1. The van der Waals surface area contributed by atoms with Gasteiger partial charge in [0.15, 0.2) is 0 Å². The molecule has 4 nitrogen and oxygen atoms in total. The van der Waals surface area contributed by atoms with Gasteiger partial charge < -0.3 is 10.1 Å². The second-order valence-corrected chi connectivity index (χ2v) is 3.95. The van der Waals surface area contributed by atoms with Gasteiger partial charge in [-0.3, -0.25) is 9.59 Å². The predicted octanol–water partition coefficient (Wildman–Crippen LogP) is 1.10. The minimum absolute atomic E-state index is 0.0500. The zero-order chi connectivity index (χ0) is 11.3. The summed E-state index contributed by atoms with van der Waals surface area (Å²) in [5.41, 5.74) is 0. The number of amides is 1. The Morgan fingerprint density at radius 1 is 1.47 bits per heavy atom. The summed E-state index contributed by atoms with van der Waals surface area (Å²) in [6.07, 6.45) is 1.82. The van der Waals surface area contributed by atoms with Crippen molar-refractivity contribution in [3.05, 3.63) is 0 Å². The van der Waals surface area contributed by atoms with Gasteiger partial charge in [-0.1, -0.05) is 13.3 Å². The Kier molecular flexibility index (Phi) is 4.59. The molecule has 1 rings (SSSR count). The Morgan fingerprint density at radius 2 is 2.20 bits per heavy atom. The fourth-order valence-electron chi connectivity index (χ4n) is 2.04. The quantitative estimate of drug-likeness (QED) is 0.711. The largest absolute Gasteiger partial charge is 0.466 e. The average molecular weight is 213 g/mol. The van der Waals surface area contributed by atoms with Gasteiger partial charge in [-0.2, -0.15) is 0 Å². The Bertz CT molecular complexity index is 240. The first kappa shape index (κ1) is 12.0. The molecule has 4 heteroatoms. The van der Waals surface area contributed by atoms with Crippen LogP contribution in [0.5, 0.6) is 0 Å². The van der Waals surface area contributed by atoms with Crippen LogP contribution in [0.3, 0.4) is 0 Å². The van der Waals surface area contributed by atoms with Crippen LogP contribution in [0.2, 0.25) is 0 Å². The molecule has 0 aromatic rings. The lowest BCUT2D eigenvalue weighted by Gasteiger charge is -2.30. The second kappa shape index (κ2) is 5.73. The smallest absolute Gasteiger partial charge is 0.306 e. The number of nitrogens with one attached hydrogen (secondary N) is 1. The molecule has 0 aromatic heterocycles. The highest BCUT2D eigenvalue weighted by Crippen LogP contribution is 2.26. The van der Waals surface area contributed by atoms with E-state index in [4.69, 9.17) is 4.74 Å². The molecule has 1 N–H and O–H groups in total. The fourth-order valence-corrected chi connectivity index (χ4v) is 2.04. The van der Waals surface area contributed by atoms with E-state index in [1.54, 1.807) is 6.92 Å². The Morgan fingerprint density at radius 3 is 2.80 bits per heavy atom. The van der Waals surface area contributed by atoms with E-state index in [0.717, 1.165) is 6.42 Å². The van der Waals surface area contributed by atoms with Crippen LogP contribution in [-0.2, 0) is 14.3 Å². The number of hydrogen-bond acceptors (Lipinski definition) is 3. The minimum atomic E-state index is -0.185. The molecule has 0 unspecified atom stereocenters. The molecule has 0 bridgehead atoms. The molecule has 2 atom stereocenters. The summed E-state index contributed by atoms with van der Waals surface area (Å²) in [4.78, 5) is 22.5. The first-order valence-electron chi connectivity index (χ1n) is 5.59. The third-order valence-electron chi connectivity index (χ3n) is 2.93. The van der Waals surface area contributed by atoms with Gasteiger partial charge in [0.05, 0.1) is 6.61 Å². The summed E-state index contributed by atoms with van der Waals surface area (Å²) in [5, 5.41) is 2.83. The van der Waals surface area contributed by atoms with E-state index in [-0.39, 0.29) is 17.8 Å². The van der Waals surface area contributed by atoms with Gasteiger partial charge in [-0.15, -0.1) is 0 Å². The van der Waals surface area contributed by atoms with Crippen LogP contribution in [-0.4, -0.2) is 25.0 Å². The number of piperidine rings is 1. The van der Waals surface area contributed by atoms with E-state index in [1.165, 1.54) is 0 Å². The van der Waals surface area contributed by atoms with E-state index >= 15 is 0 Å². The fraction of sp³-hybridized carbons (Fsp3) is 0.818. The van der Waals surface area contributed by atoms with Gasteiger partial charge >= 0.3 is 5.97 Å². The number of esters is 1. The van der Waals surface area contributed by atoms with E-state index in [2.05, 4.69) is 12.2 Å². The number of rotatable bonds is 4. The van der Waals surface area contributed by atoms with Gasteiger partial charge in [-0.05, 0) is 18.8 Å². The predicted molar refractivity (Wildman–Crippen MR) is 56.1 cm³/mol. The van der Waals surface area contributed by atoms with Crippen LogP contribution in [0.15, 0.2) is 0 Å². The molecule has 15 heavy (non-hydrogen) atoms. The van der Waals surface area contributed by atoms with Crippen LogP contribution >= 0.6 is 0 Å². The molecule has 1 heterocycles. The lowest BCUT2D eigenvalue weighted by atomic mass is 9.82. The van der Waals surface area contributed by atoms with Crippen LogP contribution in [0.1, 0.15) is 33.1 Å². The summed E-state index contributed by atoms with van der Waals surface area (Å²) < 4.78 is 4.90. The maximum absolute atomic E-state index is 11.3. The lowest BCUT2D eigenvalue weighted by molar-refractivity contribution is -0.145. The summed E-state index contributed by atoms with van der Waals surface area (Å²) in [5.74, 6) is 0.430. The normalized spacial score (nSPS) is 25.9. The van der Waals surface area contributed by atoms with Crippen molar-refractivity contribution in [1.82, 2.24) is 5.32 Å². The monoisotopic (exact) mass is 213 g/mol. The number of hydrogen-bond donors (Lipinski definition) is 1. The average Bonchev–Trinajstić information content (AvgIpc) is 2.18. The zero-order valence-corrected chi connectivity index (χ0v) is 9.41. The molecule has 0 spiro atoms. The van der Waals surface area contributed by atoms with E-state index in [9.17, 15) is 9.59 Å². The number of carbonyl (C=O) groups excluding carboxylic acids is 2. The van der Waals surface area contributed by atoms with Crippen molar-refractivity contribution >= 4 is 11.9 Å². The van der Waals surface area contributed by atoms with Crippen molar-refractivity contribution in [1.29, 1.82) is 0 Å². The molecule has 1 saturated heterocycles. The van der Waals surface area contributed by atoms with Crippen LogP contribution in [0.4, 0.5) is 0 Å². The summed E-state index contributed by atoms with van der Waals surface area (Å²) in [7, 11) is 0. The molecule has 86 valence electrons. The molecule has 0 aliphatic carbocycles. The van der Waals surface area contributed by atoms with Gasteiger partial charge in [-0.25, -0.2) is 0 Å². The lowest BCUT2D eigenvalue weighted by Crippen LogP contribution is -2.41. The van der Waals surface area contributed by atoms with Crippen LogP contribution < -0.4 is 5.32 Å². The van der Waals surface area contributed by atoms with E-state index in [0.29, 0.717) is 31.9 Å². The molecule has 1 aliphatic heterocycles. The van der Waals surface area contributed by atoms with Crippen LogP contribution in [0.25, 0.3) is 0 Å². The van der Waals surface area contributed by atoms with Gasteiger partial charge in [0.25, 0.3) is 0 Å². The topological polar surface area (TPSA) is 55.4 Å². The van der Waals surface area contributed by atoms with Gasteiger partial charge in [0, 0.05) is 19.4 Å². The molecule has 0 saturated carbocycles. The SMILES string of the molecule is CCOC(=O)C[C@H]1CC(=O)NC[C@H]1CC. The summed E-state index contributed by atoms with van der Waals surface area (Å²) >= 11 is 0. The van der Waals surface area contributed by atoms with E-state index in [1.807, 2.05) is 0 Å². The van der Waals surface area contributed by atoms with Crippen molar-refractivity contribution < 1.29 is 14.3 Å². The zero-order valence-electron chi connectivity index (χ0n) is 9.41. The highest BCUT2D eigenvalue weighted by Gasteiger charge is 2.29. The second-order valence-electron chi connectivity index (χ2n) is 3.95. The Hall–Kier alpha value is -1.06. The van der Waals surface area contributed by atoms with E-state index < -0.39 is 0 Å². The highest BCUT2D eigenvalue weighted by molar-refractivity contribution is 5.78. The van der Waals surface area contributed by atoms with Crippen molar-refractivity contribution in [3.8, 4) is 0 Å². The van der Waals surface area contributed by atoms with Crippen molar-refractivity contribution in [3.63, 3.8) is 0 Å². The summed E-state index contributed by atoms with van der Waals surface area (Å²) in [6, 6.07) is 0. The van der Waals surface area contributed by atoms with Gasteiger partial charge in [0.1, 0.15) is 0 Å². The van der Waals surface area contributed by atoms with Crippen LogP contribution in [0, 0.1) is 11.8 Å². The first-order valence-corrected chi connectivity index (χ1v) is 5.59. The third-order valence-corrected chi connectivity index (χ3v) is 2.93. The van der Waals surface area contributed by atoms with Gasteiger partial charge in [0.2, 0.25) is 5.91 Å². The number of carbonyl (C=O) groups is 2. The maximum atomic E-state index is 11.3. The maximum Gasteiger partial charge on any atom is 0.306 e. The Labute approximate surface area is 90.4 Å². The molecular weight excluding hydrogens is 194 g/mol. The number of ether oxygens (including phenoxy) is 1.